The summed E-state index contributed by atoms with van der Waals surface area (Å²) in [5.41, 5.74) is 2.67. The lowest BCUT2D eigenvalue weighted by Gasteiger charge is -2.10. The predicted molar refractivity (Wildman–Crippen MR) is 68.0 cm³/mol. The minimum absolute atomic E-state index is 0.610. The van der Waals surface area contributed by atoms with Gasteiger partial charge in [0.2, 0.25) is 5.89 Å². The van der Waals surface area contributed by atoms with Gasteiger partial charge in [0.25, 0.3) is 0 Å². The molecule has 0 spiro atoms. The van der Waals surface area contributed by atoms with Crippen molar-refractivity contribution >= 4 is 6.01 Å². The highest BCUT2D eigenvalue weighted by Gasteiger charge is 2.22. The fourth-order valence-electron chi connectivity index (χ4n) is 2.14. The van der Waals surface area contributed by atoms with Gasteiger partial charge in [0, 0.05) is 13.1 Å². The van der Waals surface area contributed by atoms with E-state index >= 15 is 0 Å². The summed E-state index contributed by atoms with van der Waals surface area (Å²) in [6, 6.07) is 9.02. The molecular formula is C13H16N4O. The van der Waals surface area contributed by atoms with Crippen molar-refractivity contribution in [3.8, 4) is 0 Å². The normalized spacial score (nSPS) is 13.9. The molecule has 0 radical (unpaired) electrons. The molecule has 0 saturated heterocycles. The van der Waals surface area contributed by atoms with E-state index in [1.807, 2.05) is 6.92 Å². The van der Waals surface area contributed by atoms with Crippen molar-refractivity contribution in [2.45, 2.75) is 26.6 Å². The third-order valence-electron chi connectivity index (χ3n) is 3.09. The van der Waals surface area contributed by atoms with Crippen LogP contribution in [0.3, 0.4) is 0 Å². The van der Waals surface area contributed by atoms with Crippen LogP contribution in [0, 0.1) is 0 Å². The first-order valence-electron chi connectivity index (χ1n) is 6.21. The molecule has 1 aromatic heterocycles. The summed E-state index contributed by atoms with van der Waals surface area (Å²) in [5.74, 6) is 0.641. The lowest BCUT2D eigenvalue weighted by molar-refractivity contribution is 0.465. The first kappa shape index (κ1) is 11.2. The highest BCUT2D eigenvalue weighted by molar-refractivity contribution is 5.41. The van der Waals surface area contributed by atoms with E-state index in [1.54, 1.807) is 0 Å². The summed E-state index contributed by atoms with van der Waals surface area (Å²) in [6.45, 7) is 5.27. The number of benzene rings is 1. The van der Waals surface area contributed by atoms with Crippen molar-refractivity contribution in [3.05, 3.63) is 41.3 Å². The average Bonchev–Trinajstić information content (AvgIpc) is 3.02. The van der Waals surface area contributed by atoms with Crippen LogP contribution >= 0.6 is 0 Å². The maximum Gasteiger partial charge on any atom is 0.318 e. The van der Waals surface area contributed by atoms with Crippen LogP contribution in [0.1, 0.15) is 23.9 Å². The third kappa shape index (κ3) is 2.09. The molecule has 2 aromatic rings. The largest absolute Gasteiger partial charge is 0.407 e. The number of anilines is 1. The van der Waals surface area contributed by atoms with Gasteiger partial charge < -0.3 is 14.6 Å². The molecule has 0 atom stereocenters. The fourth-order valence-corrected chi connectivity index (χ4v) is 2.14. The zero-order valence-corrected chi connectivity index (χ0v) is 10.4. The average molecular weight is 244 g/mol. The Kier molecular flexibility index (Phi) is 2.98. The van der Waals surface area contributed by atoms with Gasteiger partial charge in [0.05, 0.1) is 6.54 Å². The molecule has 1 N–H and O–H groups in total. The topological polar surface area (TPSA) is 54.2 Å². The lowest BCUT2D eigenvalue weighted by atomic mass is 10.1. The lowest BCUT2D eigenvalue weighted by Crippen LogP contribution is -2.14. The number of nitrogens with zero attached hydrogens (tertiary/aromatic N) is 3. The summed E-state index contributed by atoms with van der Waals surface area (Å²) in [7, 11) is 0. The van der Waals surface area contributed by atoms with Crippen molar-refractivity contribution < 1.29 is 4.42 Å². The molecule has 0 amide bonds. The minimum Gasteiger partial charge on any atom is -0.407 e. The fraction of sp³-hybridized carbons (Fsp3) is 0.385. The Bertz CT molecular complexity index is 512. The Labute approximate surface area is 106 Å². The zero-order valence-electron chi connectivity index (χ0n) is 10.4. The number of fused-ring (bicyclic) bond motifs is 1. The van der Waals surface area contributed by atoms with E-state index in [0.29, 0.717) is 18.5 Å². The van der Waals surface area contributed by atoms with Gasteiger partial charge in [0.15, 0.2) is 0 Å². The highest BCUT2D eigenvalue weighted by atomic mass is 16.4. The van der Waals surface area contributed by atoms with E-state index in [2.05, 4.69) is 44.7 Å². The van der Waals surface area contributed by atoms with Crippen LogP contribution in [0.25, 0.3) is 0 Å². The third-order valence-corrected chi connectivity index (χ3v) is 3.09. The van der Waals surface area contributed by atoms with E-state index in [-0.39, 0.29) is 0 Å². The van der Waals surface area contributed by atoms with Crippen molar-refractivity contribution in [1.29, 1.82) is 0 Å². The van der Waals surface area contributed by atoms with Gasteiger partial charge in [-0.15, -0.1) is 5.10 Å². The smallest absolute Gasteiger partial charge is 0.318 e. The summed E-state index contributed by atoms with van der Waals surface area (Å²) < 4.78 is 5.64. The van der Waals surface area contributed by atoms with E-state index in [9.17, 15) is 0 Å². The van der Waals surface area contributed by atoms with Crippen molar-refractivity contribution in [2.24, 2.45) is 0 Å². The standard InChI is InChI=1S/C13H16N4O/c1-2-14-7-12-15-16-13(18-12)17-8-10-5-3-4-6-11(10)9-17/h3-6,14H,2,7-9H2,1H3. The molecular weight excluding hydrogens is 228 g/mol. The molecule has 1 aliphatic rings. The molecule has 0 fully saturated rings. The second-order valence-corrected chi connectivity index (χ2v) is 4.38. The van der Waals surface area contributed by atoms with Gasteiger partial charge in [-0.25, -0.2) is 0 Å². The first-order valence-corrected chi connectivity index (χ1v) is 6.21. The van der Waals surface area contributed by atoms with Gasteiger partial charge in [-0.05, 0) is 17.7 Å². The molecule has 0 saturated carbocycles. The van der Waals surface area contributed by atoms with E-state index in [1.165, 1.54) is 11.1 Å². The maximum absolute atomic E-state index is 5.64. The van der Waals surface area contributed by atoms with Crippen LogP contribution in [0.5, 0.6) is 0 Å². The van der Waals surface area contributed by atoms with Crippen molar-refractivity contribution in [2.75, 3.05) is 11.4 Å². The molecule has 5 heteroatoms. The summed E-state index contributed by atoms with van der Waals surface area (Å²) in [6.07, 6.45) is 0. The van der Waals surface area contributed by atoms with Gasteiger partial charge in [-0.2, -0.15) is 0 Å². The molecule has 0 bridgehead atoms. The Hall–Kier alpha value is -1.88. The second-order valence-electron chi connectivity index (χ2n) is 4.38. The van der Waals surface area contributed by atoms with Crippen LogP contribution in [0.4, 0.5) is 6.01 Å². The maximum atomic E-state index is 5.64. The molecule has 0 unspecified atom stereocenters. The molecule has 18 heavy (non-hydrogen) atoms. The summed E-state index contributed by atoms with van der Waals surface area (Å²) in [5, 5.41) is 11.3. The van der Waals surface area contributed by atoms with E-state index in [0.717, 1.165) is 19.6 Å². The Morgan fingerprint density at radius 1 is 1.22 bits per heavy atom. The quantitative estimate of drug-likeness (QED) is 0.887. The van der Waals surface area contributed by atoms with Crippen LogP contribution in [-0.4, -0.2) is 16.7 Å². The number of hydrogen-bond acceptors (Lipinski definition) is 5. The molecule has 2 heterocycles. The van der Waals surface area contributed by atoms with E-state index in [4.69, 9.17) is 4.42 Å². The first-order chi connectivity index (χ1) is 8.86. The highest BCUT2D eigenvalue weighted by Crippen LogP contribution is 2.26. The van der Waals surface area contributed by atoms with Gasteiger partial charge >= 0.3 is 6.01 Å². The van der Waals surface area contributed by atoms with Crippen molar-refractivity contribution in [1.82, 2.24) is 15.5 Å². The minimum atomic E-state index is 0.610. The number of rotatable bonds is 4. The van der Waals surface area contributed by atoms with Crippen LogP contribution in [0.2, 0.25) is 0 Å². The molecule has 1 aliphatic heterocycles. The monoisotopic (exact) mass is 244 g/mol. The molecule has 0 aliphatic carbocycles. The zero-order chi connectivity index (χ0) is 12.4. The van der Waals surface area contributed by atoms with Gasteiger partial charge in [-0.1, -0.05) is 36.3 Å². The summed E-state index contributed by atoms with van der Waals surface area (Å²) >= 11 is 0. The molecule has 3 rings (SSSR count). The molecule has 5 nitrogen and oxygen atoms in total. The number of nitrogens with one attached hydrogen (secondary N) is 1. The van der Waals surface area contributed by atoms with E-state index < -0.39 is 0 Å². The number of aromatic nitrogens is 2. The Morgan fingerprint density at radius 3 is 2.61 bits per heavy atom. The van der Waals surface area contributed by atoms with Crippen LogP contribution < -0.4 is 10.2 Å². The Morgan fingerprint density at radius 2 is 1.94 bits per heavy atom. The van der Waals surface area contributed by atoms with Gasteiger partial charge in [0.1, 0.15) is 0 Å². The van der Waals surface area contributed by atoms with Gasteiger partial charge in [-0.3, -0.25) is 0 Å². The van der Waals surface area contributed by atoms with Crippen LogP contribution in [-0.2, 0) is 19.6 Å². The second kappa shape index (κ2) is 4.78. The molecule has 94 valence electrons. The number of hydrogen-bond donors (Lipinski definition) is 1. The predicted octanol–water partition coefficient (Wildman–Crippen LogP) is 1.70. The SMILES string of the molecule is CCNCc1nnc(N2Cc3ccccc3C2)o1. The van der Waals surface area contributed by atoms with Crippen molar-refractivity contribution in [3.63, 3.8) is 0 Å². The van der Waals surface area contributed by atoms with Crippen LogP contribution in [0.15, 0.2) is 28.7 Å². The Balaban J connectivity index is 1.72. The summed E-state index contributed by atoms with van der Waals surface area (Å²) in [4.78, 5) is 2.10. The molecule has 1 aromatic carbocycles.